The lowest BCUT2D eigenvalue weighted by Gasteiger charge is -2.29. The molecule has 2 nitrogen and oxygen atoms in total. The van der Waals surface area contributed by atoms with Gasteiger partial charge < -0.3 is 9.80 Å². The van der Waals surface area contributed by atoms with Crippen molar-refractivity contribution in [3.8, 4) is 33.4 Å². The van der Waals surface area contributed by atoms with Crippen molar-refractivity contribution in [3.05, 3.63) is 283 Å². The van der Waals surface area contributed by atoms with E-state index in [0.29, 0.717) is 0 Å². The van der Waals surface area contributed by atoms with E-state index in [2.05, 4.69) is 311 Å². The molecule has 0 unspecified atom stereocenters. The number of hydrogen-bond donors (Lipinski definition) is 0. The van der Waals surface area contributed by atoms with Crippen molar-refractivity contribution in [2.75, 3.05) is 9.80 Å². The second-order valence-electron chi connectivity index (χ2n) is 25.3. The molecule has 0 bridgehead atoms. The summed E-state index contributed by atoms with van der Waals surface area (Å²) in [7, 11) is 0. The Kier molecular flexibility index (Phi) is 12.3. The largest absolute Gasteiger partial charge is 0.310 e. The number of aryl methyl sites for hydroxylation is 6. The number of anilines is 6. The predicted octanol–water partition coefficient (Wildman–Crippen LogP) is 21.7. The molecule has 81 heavy (non-hydrogen) atoms. The second kappa shape index (κ2) is 19.2. The highest BCUT2D eigenvalue weighted by atomic mass is 15.1. The Morgan fingerprint density at radius 1 is 0.235 bits per heavy atom. The Bertz CT molecular complexity index is 3970. The first-order chi connectivity index (χ1) is 38.8. The van der Waals surface area contributed by atoms with Crippen molar-refractivity contribution in [2.45, 2.75) is 99.3 Å². The van der Waals surface area contributed by atoms with Crippen LogP contribution < -0.4 is 9.80 Å². The molecule has 10 aromatic rings. The molecule has 0 N–H and O–H groups in total. The SMILES string of the molecule is Cc1cccc(N(c2cc(C)cc(C)c2)c2ccc3c(c2)C(C)(C)c2cc(C=Cc4ccc5c(c4)C(C)(C)c4cc(C=Cc6ccc7c(c6)C(C)(C)c6cc(N(c8cccc(C)c8)c8cc(C)cc(C)c8)ccc6-7)ccc4-5)ccc2-3)c1. The Labute approximate surface area is 481 Å². The molecule has 0 heterocycles. The van der Waals surface area contributed by atoms with E-state index in [9.17, 15) is 0 Å². The van der Waals surface area contributed by atoms with E-state index in [1.165, 1.54) is 157 Å². The minimum Gasteiger partial charge on any atom is -0.310 e. The van der Waals surface area contributed by atoms with E-state index in [1.54, 1.807) is 0 Å². The van der Waals surface area contributed by atoms with Gasteiger partial charge in [-0.25, -0.2) is 0 Å². The van der Waals surface area contributed by atoms with E-state index in [0.717, 1.165) is 0 Å². The molecule has 3 aliphatic rings. The zero-order valence-electron chi connectivity index (χ0n) is 49.2. The summed E-state index contributed by atoms with van der Waals surface area (Å²) in [6.45, 7) is 27.4. The molecule has 0 fully saturated rings. The van der Waals surface area contributed by atoms with Crippen molar-refractivity contribution >= 4 is 58.4 Å². The summed E-state index contributed by atoms with van der Waals surface area (Å²) < 4.78 is 0. The molecule has 0 aliphatic heterocycles. The molecular formula is C79H72N2. The van der Waals surface area contributed by atoms with Crippen LogP contribution in [0.3, 0.4) is 0 Å². The van der Waals surface area contributed by atoms with E-state index in [4.69, 9.17) is 0 Å². The molecule has 3 aliphatic carbocycles. The third-order valence-electron chi connectivity index (χ3n) is 18.0. The molecule has 0 amide bonds. The van der Waals surface area contributed by atoms with Gasteiger partial charge in [0.1, 0.15) is 0 Å². The smallest absolute Gasteiger partial charge is 0.0466 e. The fraction of sp³-hybridized carbons (Fsp3) is 0.190. The van der Waals surface area contributed by atoms with Crippen LogP contribution in [-0.2, 0) is 16.2 Å². The second-order valence-corrected chi connectivity index (χ2v) is 25.3. The maximum absolute atomic E-state index is 2.44. The number of nitrogens with zero attached hydrogens (tertiary/aromatic N) is 2. The maximum Gasteiger partial charge on any atom is 0.0466 e. The Morgan fingerprint density at radius 2 is 0.481 bits per heavy atom. The molecule has 13 rings (SSSR count). The molecule has 398 valence electrons. The topological polar surface area (TPSA) is 6.48 Å². The van der Waals surface area contributed by atoms with E-state index in [-0.39, 0.29) is 16.2 Å². The van der Waals surface area contributed by atoms with E-state index < -0.39 is 0 Å². The highest BCUT2D eigenvalue weighted by Crippen LogP contribution is 2.54. The van der Waals surface area contributed by atoms with Gasteiger partial charge in [-0.3, -0.25) is 0 Å². The lowest BCUT2D eigenvalue weighted by atomic mass is 9.81. The van der Waals surface area contributed by atoms with Crippen LogP contribution in [0.2, 0.25) is 0 Å². The van der Waals surface area contributed by atoms with Crippen LogP contribution in [0.1, 0.15) is 131 Å². The molecule has 0 aromatic heterocycles. The quantitative estimate of drug-likeness (QED) is 0.126. The first-order valence-electron chi connectivity index (χ1n) is 28.9. The molecule has 2 heteroatoms. The van der Waals surface area contributed by atoms with Gasteiger partial charge in [-0.05, 0) is 237 Å². The van der Waals surface area contributed by atoms with Crippen LogP contribution in [0.25, 0.3) is 57.7 Å². The van der Waals surface area contributed by atoms with Gasteiger partial charge in [-0.2, -0.15) is 0 Å². The van der Waals surface area contributed by atoms with Crippen LogP contribution in [-0.4, -0.2) is 0 Å². The molecule has 0 atom stereocenters. The summed E-state index contributed by atoms with van der Waals surface area (Å²) in [6, 6.07) is 73.8. The van der Waals surface area contributed by atoms with Crippen molar-refractivity contribution in [1.82, 2.24) is 0 Å². The lowest BCUT2D eigenvalue weighted by molar-refractivity contribution is 0.660. The maximum atomic E-state index is 2.44. The summed E-state index contributed by atoms with van der Waals surface area (Å²) in [6.07, 6.45) is 9.20. The Hall–Kier alpha value is -8.72. The Morgan fingerprint density at radius 3 is 0.765 bits per heavy atom. The highest BCUT2D eigenvalue weighted by Gasteiger charge is 2.39. The number of hydrogen-bond acceptors (Lipinski definition) is 2. The van der Waals surface area contributed by atoms with Gasteiger partial charge in [-0.15, -0.1) is 0 Å². The third-order valence-corrected chi connectivity index (χ3v) is 18.0. The summed E-state index contributed by atoms with van der Waals surface area (Å²) in [5.41, 5.74) is 35.1. The predicted molar refractivity (Wildman–Crippen MR) is 348 cm³/mol. The van der Waals surface area contributed by atoms with Crippen molar-refractivity contribution in [1.29, 1.82) is 0 Å². The van der Waals surface area contributed by atoms with Crippen LogP contribution in [0.15, 0.2) is 194 Å². The zero-order chi connectivity index (χ0) is 56.3. The van der Waals surface area contributed by atoms with E-state index in [1.807, 2.05) is 0 Å². The highest BCUT2D eigenvalue weighted by molar-refractivity contribution is 5.90. The first kappa shape index (κ1) is 51.7. The first-order valence-corrected chi connectivity index (χ1v) is 28.9. The van der Waals surface area contributed by atoms with Gasteiger partial charge in [0.2, 0.25) is 0 Å². The van der Waals surface area contributed by atoms with Crippen molar-refractivity contribution < 1.29 is 0 Å². The van der Waals surface area contributed by atoms with Gasteiger partial charge in [0.25, 0.3) is 0 Å². The Balaban J connectivity index is 0.734. The molecular weight excluding hydrogens is 977 g/mol. The molecule has 0 spiro atoms. The fourth-order valence-electron chi connectivity index (χ4n) is 13.9. The average Bonchev–Trinajstić information content (AvgIpc) is 4.09. The minimum atomic E-state index is -0.174. The van der Waals surface area contributed by atoms with E-state index >= 15 is 0 Å². The zero-order valence-corrected chi connectivity index (χ0v) is 49.2. The summed E-state index contributed by atoms with van der Waals surface area (Å²) in [5.74, 6) is 0. The van der Waals surface area contributed by atoms with Crippen molar-refractivity contribution in [2.24, 2.45) is 0 Å². The standard InChI is InChI=1S/C79H72N2/c1-49-15-13-17-59(37-49)80(63-39-51(3)35-52(4)40-63)61-27-33-69-67-31-25-57(45-73(67)78(9,10)75(69)47-61)21-19-55-23-29-65-66-30-24-56(44-72(66)77(7,8)71(65)43-55)20-22-58-26-32-68-70-34-28-62(48-76(70)79(11,12)74(68)46-58)81(60-18-14-16-50(2)38-60)64-41-53(5)36-54(6)42-64/h13-48H,1-12H3. The van der Waals surface area contributed by atoms with Crippen LogP contribution in [0.4, 0.5) is 34.1 Å². The normalized spacial score (nSPS) is 14.6. The number of rotatable bonds is 10. The molecule has 0 saturated carbocycles. The number of benzene rings is 10. The van der Waals surface area contributed by atoms with Crippen LogP contribution >= 0.6 is 0 Å². The number of fused-ring (bicyclic) bond motifs is 9. The summed E-state index contributed by atoms with van der Waals surface area (Å²) in [4.78, 5) is 4.84. The van der Waals surface area contributed by atoms with Gasteiger partial charge in [0, 0.05) is 50.4 Å². The molecule has 0 radical (unpaired) electrons. The summed E-state index contributed by atoms with van der Waals surface area (Å²) in [5, 5.41) is 0. The average molecular weight is 1050 g/mol. The van der Waals surface area contributed by atoms with Gasteiger partial charge in [0.05, 0.1) is 0 Å². The van der Waals surface area contributed by atoms with Crippen LogP contribution in [0, 0.1) is 41.5 Å². The minimum absolute atomic E-state index is 0.150. The molecule has 10 aromatic carbocycles. The van der Waals surface area contributed by atoms with Crippen LogP contribution in [0.5, 0.6) is 0 Å². The lowest BCUT2D eigenvalue weighted by Crippen LogP contribution is -2.17. The van der Waals surface area contributed by atoms with Gasteiger partial charge in [0.15, 0.2) is 0 Å². The monoisotopic (exact) mass is 1050 g/mol. The summed E-state index contributed by atoms with van der Waals surface area (Å²) >= 11 is 0. The fourth-order valence-corrected chi connectivity index (χ4v) is 13.9. The third kappa shape index (κ3) is 8.97. The van der Waals surface area contributed by atoms with Gasteiger partial charge in [-0.1, -0.05) is 187 Å². The molecule has 0 saturated heterocycles. The van der Waals surface area contributed by atoms with Gasteiger partial charge >= 0.3 is 0 Å². The van der Waals surface area contributed by atoms with Crippen molar-refractivity contribution in [3.63, 3.8) is 0 Å².